The first kappa shape index (κ1) is 27.7. The minimum absolute atomic E-state index is 0.0737. The number of amides is 1. The Bertz CT molecular complexity index is 1270. The lowest BCUT2D eigenvalue weighted by atomic mass is 9.97. The van der Waals surface area contributed by atoms with E-state index in [2.05, 4.69) is 35.8 Å². The number of carbonyl (C=O) groups is 1. The van der Waals surface area contributed by atoms with Gasteiger partial charge in [-0.3, -0.25) is 14.5 Å². The van der Waals surface area contributed by atoms with Crippen molar-refractivity contribution < 1.29 is 27.1 Å². The third-order valence-electron chi connectivity index (χ3n) is 7.44. The molecule has 0 bridgehead atoms. The Balaban J connectivity index is 1.34. The first-order valence-electron chi connectivity index (χ1n) is 12.8. The van der Waals surface area contributed by atoms with Gasteiger partial charge in [-0.2, -0.15) is 18.6 Å². The van der Waals surface area contributed by atoms with Crippen molar-refractivity contribution in [1.29, 1.82) is 0 Å². The molecule has 210 valence electrons. The highest BCUT2D eigenvalue weighted by Crippen LogP contribution is 2.57. The van der Waals surface area contributed by atoms with Crippen LogP contribution < -0.4 is 20.1 Å². The third-order valence-corrected chi connectivity index (χ3v) is 8.28. The highest BCUT2D eigenvalue weighted by atomic mass is 32.2. The number of alkyl halides is 3. The predicted molar refractivity (Wildman–Crippen MR) is 141 cm³/mol. The third kappa shape index (κ3) is 5.73. The van der Waals surface area contributed by atoms with Gasteiger partial charge in [0.2, 0.25) is 0 Å². The first-order valence-corrected chi connectivity index (χ1v) is 13.6. The van der Waals surface area contributed by atoms with Crippen LogP contribution in [0.2, 0.25) is 0 Å². The summed E-state index contributed by atoms with van der Waals surface area (Å²) in [6.07, 6.45) is -0.696. The maximum absolute atomic E-state index is 14.1. The van der Waals surface area contributed by atoms with Gasteiger partial charge in [-0.25, -0.2) is 9.37 Å². The molecule has 39 heavy (non-hydrogen) atoms. The number of halogens is 4. The number of benzene rings is 1. The van der Waals surface area contributed by atoms with Crippen LogP contribution in [-0.4, -0.2) is 42.0 Å². The number of rotatable bonds is 8. The number of pyridine rings is 1. The van der Waals surface area contributed by atoms with E-state index in [0.29, 0.717) is 34.6 Å². The van der Waals surface area contributed by atoms with E-state index < -0.39 is 36.2 Å². The van der Waals surface area contributed by atoms with Crippen LogP contribution >= 0.6 is 11.9 Å². The predicted octanol–water partition coefficient (Wildman–Crippen LogP) is 5.81. The van der Waals surface area contributed by atoms with Crippen molar-refractivity contribution in [2.45, 2.75) is 62.9 Å². The minimum Gasteiger partial charge on any atom is -0.357 e. The van der Waals surface area contributed by atoms with Crippen LogP contribution in [0.4, 0.5) is 29.2 Å². The van der Waals surface area contributed by atoms with E-state index in [1.54, 1.807) is 47.6 Å². The van der Waals surface area contributed by atoms with Crippen molar-refractivity contribution in [3.8, 4) is 0 Å². The molecule has 0 radical (unpaired) electrons. The zero-order valence-corrected chi connectivity index (χ0v) is 22.7. The van der Waals surface area contributed by atoms with E-state index in [1.165, 1.54) is 6.07 Å². The Morgan fingerprint density at radius 2 is 1.97 bits per heavy atom. The molecule has 2 aromatic rings. The second-order valence-corrected chi connectivity index (χ2v) is 11.9. The Kier molecular flexibility index (Phi) is 7.32. The summed E-state index contributed by atoms with van der Waals surface area (Å²) in [5, 5.41) is 1.57. The van der Waals surface area contributed by atoms with Gasteiger partial charge in [0.15, 0.2) is 0 Å². The summed E-state index contributed by atoms with van der Waals surface area (Å²) in [7, 11) is 0. The van der Waals surface area contributed by atoms with Gasteiger partial charge in [-0.1, -0.05) is 19.1 Å². The van der Waals surface area contributed by atoms with Gasteiger partial charge >= 0.3 is 6.18 Å². The Hall–Kier alpha value is -2.83. The molecule has 5 rings (SSSR count). The van der Waals surface area contributed by atoms with Gasteiger partial charge in [-0.05, 0) is 81.3 Å². The largest absolute Gasteiger partial charge is 0.396 e. The molecule has 2 aliphatic heterocycles. The molecule has 2 unspecified atom stereocenters. The van der Waals surface area contributed by atoms with Gasteiger partial charge in [0.05, 0.1) is 22.5 Å². The molecule has 2 N–H and O–H groups in total. The highest BCUT2D eigenvalue weighted by Gasteiger charge is 2.63. The van der Waals surface area contributed by atoms with E-state index in [4.69, 9.17) is 9.72 Å². The maximum Gasteiger partial charge on any atom is 0.396 e. The summed E-state index contributed by atoms with van der Waals surface area (Å²) in [5.74, 6) is 0.457. The number of aromatic nitrogens is 1. The molecular formula is C27H31F4N5O2S. The molecule has 7 nitrogen and oxygen atoms in total. The molecule has 1 amide bonds. The van der Waals surface area contributed by atoms with E-state index in [9.17, 15) is 22.4 Å². The number of hydrogen-bond acceptors (Lipinski definition) is 7. The highest BCUT2D eigenvalue weighted by molar-refractivity contribution is 7.98. The van der Waals surface area contributed by atoms with E-state index >= 15 is 0 Å². The second-order valence-electron chi connectivity index (χ2n) is 11.1. The van der Waals surface area contributed by atoms with E-state index in [0.717, 1.165) is 18.4 Å². The van der Waals surface area contributed by atoms with Crippen molar-refractivity contribution in [2.75, 3.05) is 23.1 Å². The van der Waals surface area contributed by atoms with Crippen molar-refractivity contribution in [1.82, 2.24) is 15.1 Å². The zero-order chi connectivity index (χ0) is 28.0. The van der Waals surface area contributed by atoms with E-state index in [1.807, 2.05) is 0 Å². The van der Waals surface area contributed by atoms with Crippen molar-refractivity contribution >= 4 is 29.5 Å². The average Bonchev–Trinajstić information content (AvgIpc) is 3.45. The average molecular weight is 566 g/mol. The standard InChI is InChI=1S/C27H31F4N5O2S/c1-17-14-25(2,3)35(15-17)23-18(24(37)34-39-20-7-5-4-6-19(20)28)8-9-21(32-23)36-13-10-22(33-36)38-16-26(11-12-26)27(29,30)31/h4-10,13,17,22,33H,11-12,14-16H2,1-3H3,(H,34,37). The van der Waals surface area contributed by atoms with Crippen LogP contribution in [-0.2, 0) is 4.74 Å². The van der Waals surface area contributed by atoms with Gasteiger partial charge in [-0.15, -0.1) is 0 Å². The number of carbonyl (C=O) groups excluding carboxylic acids is 1. The molecule has 1 aliphatic carbocycles. The molecule has 3 aliphatic rings. The van der Waals surface area contributed by atoms with Crippen molar-refractivity contribution in [2.24, 2.45) is 11.3 Å². The summed E-state index contributed by atoms with van der Waals surface area (Å²) >= 11 is 0.894. The molecule has 1 aromatic heterocycles. The number of hydrogen-bond donors (Lipinski definition) is 2. The molecule has 1 saturated heterocycles. The van der Waals surface area contributed by atoms with Gasteiger partial charge in [0.1, 0.15) is 23.7 Å². The molecule has 3 heterocycles. The van der Waals surface area contributed by atoms with Crippen LogP contribution in [0.5, 0.6) is 0 Å². The summed E-state index contributed by atoms with van der Waals surface area (Å²) in [5.41, 5.74) is 1.32. The summed E-state index contributed by atoms with van der Waals surface area (Å²) in [6.45, 7) is 6.60. The van der Waals surface area contributed by atoms with Crippen molar-refractivity contribution in [3.05, 3.63) is 60.1 Å². The van der Waals surface area contributed by atoms with Crippen LogP contribution in [0.1, 0.15) is 50.4 Å². The number of nitrogens with zero attached hydrogens (tertiary/aromatic N) is 3. The van der Waals surface area contributed by atoms with Gasteiger partial charge in [0.25, 0.3) is 5.91 Å². The Morgan fingerprint density at radius 1 is 1.23 bits per heavy atom. The second kappa shape index (κ2) is 10.3. The molecule has 2 fully saturated rings. The lowest BCUT2D eigenvalue weighted by Crippen LogP contribution is -2.42. The molecule has 1 saturated carbocycles. The van der Waals surface area contributed by atoms with E-state index in [-0.39, 0.29) is 18.4 Å². The van der Waals surface area contributed by atoms with Crippen LogP contribution in [0.15, 0.2) is 53.6 Å². The fraction of sp³-hybridized carbons (Fsp3) is 0.481. The van der Waals surface area contributed by atoms with Gasteiger partial charge in [0, 0.05) is 18.3 Å². The first-order chi connectivity index (χ1) is 18.4. The minimum atomic E-state index is -4.29. The van der Waals surface area contributed by atoms with Crippen LogP contribution in [0, 0.1) is 17.2 Å². The van der Waals surface area contributed by atoms with Gasteiger partial charge < -0.3 is 9.64 Å². The Labute approximate surface area is 229 Å². The normalized spacial score (nSPS) is 23.4. The molecular weight excluding hydrogens is 534 g/mol. The molecule has 12 heteroatoms. The number of ether oxygens (including phenoxy) is 1. The number of hydrazine groups is 1. The Morgan fingerprint density at radius 3 is 2.62 bits per heavy atom. The smallest absolute Gasteiger partial charge is 0.357 e. The SMILES string of the molecule is CC1CN(c2nc(N3C=CC(OCC4(C(F)(F)F)CC4)N3)ccc2C(=O)NSc2ccccc2F)C(C)(C)C1. The van der Waals surface area contributed by atoms with Crippen LogP contribution in [0.3, 0.4) is 0 Å². The summed E-state index contributed by atoms with van der Waals surface area (Å²) < 4.78 is 62.1. The fourth-order valence-electron chi connectivity index (χ4n) is 5.13. The fourth-order valence-corrected chi connectivity index (χ4v) is 5.76. The molecule has 1 aromatic carbocycles. The van der Waals surface area contributed by atoms with Crippen molar-refractivity contribution in [3.63, 3.8) is 0 Å². The zero-order valence-electron chi connectivity index (χ0n) is 21.9. The maximum atomic E-state index is 14.1. The lowest BCUT2D eigenvalue weighted by Gasteiger charge is -2.34. The quantitative estimate of drug-likeness (QED) is 0.310. The monoisotopic (exact) mass is 565 g/mol. The summed E-state index contributed by atoms with van der Waals surface area (Å²) in [6, 6.07) is 9.48. The topological polar surface area (TPSA) is 69.7 Å². The van der Waals surface area contributed by atoms with Crippen LogP contribution in [0.25, 0.3) is 0 Å². The molecule has 0 spiro atoms. The number of anilines is 2. The number of nitrogens with one attached hydrogen (secondary N) is 2. The lowest BCUT2D eigenvalue weighted by molar-refractivity contribution is -0.204. The summed E-state index contributed by atoms with van der Waals surface area (Å²) in [4.78, 5) is 20.5. The molecule has 2 atom stereocenters.